The normalized spacial score (nSPS) is 21.6. The third kappa shape index (κ3) is 4.97. The number of halogens is 1. The van der Waals surface area contributed by atoms with Gasteiger partial charge in [-0.25, -0.2) is 4.99 Å². The molecule has 1 aromatic heterocycles. The Hall–Kier alpha value is -3.17. The van der Waals surface area contributed by atoms with Gasteiger partial charge in [0.05, 0.1) is 30.7 Å². The highest BCUT2D eigenvalue weighted by Crippen LogP contribution is 2.36. The van der Waals surface area contributed by atoms with Crippen LogP contribution in [0.4, 0.5) is 5.82 Å². The highest BCUT2D eigenvalue weighted by atomic mass is 35.5. The molecule has 3 N–H and O–H groups in total. The van der Waals surface area contributed by atoms with Gasteiger partial charge in [-0.05, 0) is 37.1 Å². The maximum absolute atomic E-state index is 13.6. The highest BCUT2D eigenvalue weighted by molar-refractivity contribution is 6.35. The van der Waals surface area contributed by atoms with Crippen molar-refractivity contribution in [3.8, 4) is 11.5 Å². The second kappa shape index (κ2) is 10.2. The van der Waals surface area contributed by atoms with Crippen molar-refractivity contribution in [3.63, 3.8) is 0 Å². The molecular formula is C26H27ClN4O4. The zero-order valence-electron chi connectivity index (χ0n) is 19.3. The van der Waals surface area contributed by atoms with Crippen LogP contribution in [0, 0.1) is 0 Å². The van der Waals surface area contributed by atoms with Crippen LogP contribution in [0.5, 0.6) is 11.5 Å². The number of aliphatic hydroxyl groups is 1. The molecule has 182 valence electrons. The van der Waals surface area contributed by atoms with Crippen LogP contribution in [0.25, 0.3) is 0 Å². The lowest BCUT2D eigenvalue weighted by Gasteiger charge is -2.36. The molecule has 0 spiro atoms. The molecule has 0 radical (unpaired) electrons. The van der Waals surface area contributed by atoms with Gasteiger partial charge < -0.3 is 24.5 Å². The minimum atomic E-state index is -0.272. The van der Waals surface area contributed by atoms with E-state index >= 15 is 0 Å². The summed E-state index contributed by atoms with van der Waals surface area (Å²) in [5.41, 5.74) is 1.66. The number of para-hydroxylation sites is 1. The molecule has 8 nitrogen and oxygen atoms in total. The third-order valence-corrected chi connectivity index (χ3v) is 6.64. The molecule has 2 aliphatic heterocycles. The first-order valence-corrected chi connectivity index (χ1v) is 11.9. The molecule has 0 aliphatic carbocycles. The average Bonchev–Trinajstić information content (AvgIpc) is 3.31. The Labute approximate surface area is 208 Å². The van der Waals surface area contributed by atoms with Gasteiger partial charge >= 0.3 is 0 Å². The molecule has 9 heteroatoms. The maximum atomic E-state index is 13.6. The van der Waals surface area contributed by atoms with Gasteiger partial charge in [0.25, 0.3) is 0 Å². The molecule has 1 fully saturated rings. The van der Waals surface area contributed by atoms with E-state index in [0.717, 1.165) is 18.4 Å². The molecule has 1 unspecified atom stereocenters. The van der Waals surface area contributed by atoms with Crippen molar-refractivity contribution in [1.29, 1.82) is 0 Å². The fourth-order valence-corrected chi connectivity index (χ4v) is 4.69. The van der Waals surface area contributed by atoms with Crippen molar-refractivity contribution in [1.82, 2.24) is 15.2 Å². The van der Waals surface area contributed by atoms with Gasteiger partial charge in [-0.2, -0.15) is 0 Å². The number of hydrogen-bond donors (Lipinski definition) is 3. The van der Waals surface area contributed by atoms with E-state index in [0.29, 0.717) is 40.1 Å². The number of aliphatic hydroxyl groups excluding tert-OH is 1. The topological polar surface area (TPSA) is 99.2 Å². The zero-order valence-corrected chi connectivity index (χ0v) is 20.0. The molecular weight excluding hydrogens is 468 g/mol. The minimum absolute atomic E-state index is 0.0270. The number of nitrogens with zero attached hydrogens (tertiary/aromatic N) is 2. The van der Waals surface area contributed by atoms with E-state index in [1.54, 1.807) is 30.7 Å². The molecule has 2 aromatic carbocycles. The Morgan fingerprint density at radius 1 is 1.23 bits per heavy atom. The number of carbonyl (C=O) groups excluding carboxylic acids is 1. The number of benzene rings is 2. The van der Waals surface area contributed by atoms with E-state index in [1.807, 2.05) is 42.3 Å². The lowest BCUT2D eigenvalue weighted by molar-refractivity contribution is -0.0358. The Bertz CT molecular complexity index is 1220. The first-order chi connectivity index (χ1) is 17.0. The van der Waals surface area contributed by atoms with E-state index in [9.17, 15) is 9.90 Å². The second-order valence-corrected chi connectivity index (χ2v) is 9.15. The fourth-order valence-electron chi connectivity index (χ4n) is 4.43. The Morgan fingerprint density at radius 2 is 2.06 bits per heavy atom. The summed E-state index contributed by atoms with van der Waals surface area (Å²) < 4.78 is 11.6. The second-order valence-electron chi connectivity index (χ2n) is 8.74. The number of aromatic amines is 1. The quantitative estimate of drug-likeness (QED) is 0.420. The molecule has 0 saturated carbocycles. The summed E-state index contributed by atoms with van der Waals surface area (Å²) in [5, 5.41) is 13.2. The highest BCUT2D eigenvalue weighted by Gasteiger charge is 2.33. The standard InChI is InChI=1S/C26H27ClN4O4/c1-31-15-29-25-23(26(31)30-16-7-8-19(13-32)34-14-16)21(12-28-25)24(33)20-10-9-18(11-22(20)27)35-17-5-3-2-4-6-17/h2-6,9-12,15-16,19,26,28,30,32H,7-8,13-14H2,1H3/t16-,19+,26?/m1/s1. The number of H-pyrrole nitrogens is 1. The van der Waals surface area contributed by atoms with Gasteiger partial charge in [-0.15, -0.1) is 0 Å². The number of ketones is 1. The van der Waals surface area contributed by atoms with E-state index in [2.05, 4.69) is 15.3 Å². The Kier molecular flexibility index (Phi) is 6.88. The molecule has 35 heavy (non-hydrogen) atoms. The van der Waals surface area contributed by atoms with E-state index < -0.39 is 0 Å². The van der Waals surface area contributed by atoms with Gasteiger partial charge in [0.1, 0.15) is 23.5 Å². The Balaban J connectivity index is 1.38. The van der Waals surface area contributed by atoms with Crippen molar-refractivity contribution < 1.29 is 19.4 Å². The molecule has 3 aromatic rings. The van der Waals surface area contributed by atoms with Crippen LogP contribution in [0.1, 0.15) is 40.5 Å². The summed E-state index contributed by atoms with van der Waals surface area (Å²) in [7, 11) is 1.91. The lowest BCUT2D eigenvalue weighted by atomic mass is 9.98. The van der Waals surface area contributed by atoms with Gasteiger partial charge in [0, 0.05) is 42.0 Å². The maximum Gasteiger partial charge on any atom is 0.196 e. The molecule has 2 aliphatic rings. The van der Waals surface area contributed by atoms with Crippen molar-refractivity contribution in [2.75, 3.05) is 20.3 Å². The number of aromatic nitrogens is 1. The largest absolute Gasteiger partial charge is 0.457 e. The fraction of sp³-hybridized carbons (Fsp3) is 0.308. The van der Waals surface area contributed by atoms with Crippen LogP contribution in [0.3, 0.4) is 0 Å². The molecule has 1 saturated heterocycles. The van der Waals surface area contributed by atoms with Crippen LogP contribution in [-0.2, 0) is 4.74 Å². The van der Waals surface area contributed by atoms with Crippen LogP contribution < -0.4 is 10.1 Å². The first-order valence-electron chi connectivity index (χ1n) is 11.6. The summed E-state index contributed by atoms with van der Waals surface area (Å²) in [4.78, 5) is 23.1. The average molecular weight is 495 g/mol. The van der Waals surface area contributed by atoms with E-state index in [4.69, 9.17) is 21.1 Å². The molecule has 0 bridgehead atoms. The number of nitrogens with one attached hydrogen (secondary N) is 2. The number of aliphatic imine (C=N–C) groups is 1. The SMILES string of the molecule is CN1C=Nc2[nH]cc(C(=O)c3ccc(Oc4ccccc4)cc3Cl)c2C1N[C@@H]1CC[C@@H](CO)OC1. The number of ether oxygens (including phenoxy) is 2. The summed E-state index contributed by atoms with van der Waals surface area (Å²) in [5.74, 6) is 1.68. The molecule has 5 rings (SSSR count). The van der Waals surface area contributed by atoms with Crippen molar-refractivity contribution in [2.45, 2.75) is 31.2 Å². The van der Waals surface area contributed by atoms with E-state index in [-0.39, 0.29) is 30.7 Å². The van der Waals surface area contributed by atoms with Crippen molar-refractivity contribution in [2.24, 2.45) is 4.99 Å². The minimum Gasteiger partial charge on any atom is -0.457 e. The van der Waals surface area contributed by atoms with E-state index in [1.165, 1.54) is 0 Å². The molecule has 3 heterocycles. The van der Waals surface area contributed by atoms with Gasteiger partial charge in [0.2, 0.25) is 0 Å². The summed E-state index contributed by atoms with van der Waals surface area (Å²) in [6.45, 7) is 0.518. The number of hydrogen-bond acceptors (Lipinski definition) is 7. The first kappa shape index (κ1) is 23.6. The van der Waals surface area contributed by atoms with Crippen LogP contribution >= 0.6 is 11.6 Å². The summed E-state index contributed by atoms with van der Waals surface area (Å²) >= 11 is 6.54. The summed E-state index contributed by atoms with van der Waals surface area (Å²) in [6, 6.07) is 14.5. The zero-order chi connectivity index (χ0) is 24.4. The van der Waals surface area contributed by atoms with Crippen LogP contribution in [0.15, 0.2) is 59.7 Å². The van der Waals surface area contributed by atoms with Crippen molar-refractivity contribution >= 4 is 29.5 Å². The van der Waals surface area contributed by atoms with Gasteiger partial charge in [-0.1, -0.05) is 29.8 Å². The predicted octanol–water partition coefficient (Wildman–Crippen LogP) is 4.42. The van der Waals surface area contributed by atoms with Gasteiger partial charge in [0.15, 0.2) is 5.78 Å². The number of fused-ring (bicyclic) bond motifs is 1. The van der Waals surface area contributed by atoms with Crippen LogP contribution in [-0.4, -0.2) is 59.5 Å². The van der Waals surface area contributed by atoms with Crippen molar-refractivity contribution in [3.05, 3.63) is 76.4 Å². The third-order valence-electron chi connectivity index (χ3n) is 6.32. The number of rotatable bonds is 7. The monoisotopic (exact) mass is 494 g/mol. The summed E-state index contributed by atoms with van der Waals surface area (Å²) in [6.07, 6.45) is 4.67. The van der Waals surface area contributed by atoms with Gasteiger partial charge in [-0.3, -0.25) is 10.1 Å². The molecule has 0 amide bonds. The number of carbonyl (C=O) groups is 1. The van der Waals surface area contributed by atoms with Crippen LogP contribution in [0.2, 0.25) is 5.02 Å². The smallest absolute Gasteiger partial charge is 0.196 e. The lowest BCUT2D eigenvalue weighted by Crippen LogP contribution is -2.47. The Morgan fingerprint density at radius 3 is 2.77 bits per heavy atom. The molecule has 3 atom stereocenters. The predicted molar refractivity (Wildman–Crippen MR) is 134 cm³/mol.